The lowest BCUT2D eigenvalue weighted by atomic mass is 9.58. The lowest BCUT2D eigenvalue weighted by Crippen LogP contribution is -2.64. The van der Waals surface area contributed by atoms with E-state index in [1.807, 2.05) is 57.8 Å². The summed E-state index contributed by atoms with van der Waals surface area (Å²) < 4.78 is 44.6. The highest BCUT2D eigenvalue weighted by atomic mass is 79.9. The third-order valence-corrected chi connectivity index (χ3v) is 25.6. The molecule has 2 N–H and O–H groups in total. The molecule has 0 bridgehead atoms. The largest absolute Gasteiger partial charge is 0.458 e. The Hall–Kier alpha value is -1.61. The average Bonchev–Trinajstić information content (AvgIpc) is 0.747. The van der Waals surface area contributed by atoms with Crippen LogP contribution in [0.15, 0.2) is 95.5 Å². The average molecular weight is 1520 g/mol. The Morgan fingerprint density at radius 3 is 1.46 bits per heavy atom. The van der Waals surface area contributed by atoms with Crippen LogP contribution in [0.25, 0.3) is 0 Å². The van der Waals surface area contributed by atoms with Crippen LogP contribution in [0.1, 0.15) is 156 Å². The molecule has 10 nitrogen and oxygen atoms in total. The predicted octanol–water partition coefficient (Wildman–Crippen LogP) is 22.0. The van der Waals surface area contributed by atoms with Crippen LogP contribution in [0.4, 0.5) is 0 Å². The highest BCUT2D eigenvalue weighted by molar-refractivity contribution is 9.10. The lowest BCUT2D eigenvalue weighted by Gasteiger charge is -2.52. The third-order valence-electron chi connectivity index (χ3n) is 19.4. The van der Waals surface area contributed by atoms with E-state index in [0.29, 0.717) is 17.2 Å². The van der Waals surface area contributed by atoms with Crippen molar-refractivity contribution in [3.8, 4) is 0 Å². The summed E-state index contributed by atoms with van der Waals surface area (Å²) in [4.78, 5) is 21.3. The zero-order chi connectivity index (χ0) is 70.9. The summed E-state index contributed by atoms with van der Waals surface area (Å²) >= 11 is 16.1. The van der Waals surface area contributed by atoms with E-state index in [0.717, 1.165) is 44.1 Å². The van der Waals surface area contributed by atoms with Gasteiger partial charge in [-0.05, 0) is 296 Å². The van der Waals surface area contributed by atoms with Crippen LogP contribution in [0.3, 0.4) is 0 Å². The van der Waals surface area contributed by atoms with Gasteiger partial charge in [0.15, 0.2) is 56.0 Å². The molecule has 4 aliphatic carbocycles. The first-order chi connectivity index (χ1) is 43.7. The van der Waals surface area contributed by atoms with Gasteiger partial charge in [0.1, 0.15) is 12.2 Å². The van der Waals surface area contributed by atoms with Crippen molar-refractivity contribution < 1.29 is 46.3 Å². The SMILES string of the molecule is C[C@H]1[C@H](O[Si](C)(C)C)[C@@H](O[Si](C)(C)C)C(=O)O[C@@H]1CO[Si](C)(C)C.C[Si](C)(C)O.Cc1cc(C2(O)O[C@H](C)[C@@H](C)[C@H](O[Si](C)(C)C)[C@H]2O[Si](C)(C)C)ccc1Cl.Clc1ccc(Br)cc1Cc1ccc(C2CCC3(CCC3)CC2)cc1.c1ccc(C2CCC3(CCC3)CC2)cc1. The van der Waals surface area contributed by atoms with Crippen molar-refractivity contribution in [2.24, 2.45) is 22.7 Å². The van der Waals surface area contributed by atoms with Crippen molar-refractivity contribution >= 4 is 95.0 Å². The van der Waals surface area contributed by atoms with E-state index in [4.69, 9.17) is 59.6 Å². The van der Waals surface area contributed by atoms with Crippen molar-refractivity contribution in [2.75, 3.05) is 6.61 Å². The number of benzene rings is 4. The predicted molar refractivity (Wildman–Crippen MR) is 416 cm³/mol. The number of rotatable bonds is 16. The first-order valence-corrected chi connectivity index (χ1v) is 57.8. The summed E-state index contributed by atoms with van der Waals surface area (Å²) in [5.74, 6) is -0.0923. The number of carbonyl (C=O) groups excluding carboxylic acids is 1. The minimum atomic E-state index is -1.99. The molecule has 2 saturated heterocycles. The quantitative estimate of drug-likeness (QED) is 0.0828. The van der Waals surface area contributed by atoms with Crippen molar-refractivity contribution in [1.82, 2.24) is 0 Å². The molecule has 19 heteroatoms. The van der Waals surface area contributed by atoms with Crippen LogP contribution >= 0.6 is 39.1 Å². The Morgan fingerprint density at radius 1 is 0.558 bits per heavy atom. The number of cyclic esters (lactones) is 1. The second-order valence-electron chi connectivity index (χ2n) is 34.8. The molecule has 6 fully saturated rings. The molecule has 2 aliphatic heterocycles. The van der Waals surface area contributed by atoms with Gasteiger partial charge < -0.3 is 41.5 Å². The minimum absolute atomic E-state index is 0.0483. The van der Waals surface area contributed by atoms with Gasteiger partial charge in [0.05, 0.1) is 24.9 Å². The number of esters is 1. The normalized spacial score (nSPS) is 26.9. The topological polar surface area (TPSA) is 122 Å². The van der Waals surface area contributed by atoms with Crippen LogP contribution in [0.2, 0.25) is 128 Å². The van der Waals surface area contributed by atoms with Crippen molar-refractivity contribution in [3.63, 3.8) is 0 Å². The molecule has 0 radical (unpaired) electrons. The Kier molecular flexibility index (Phi) is 29.6. The van der Waals surface area contributed by atoms with Crippen LogP contribution < -0.4 is 0 Å². The molecule has 4 saturated carbocycles. The van der Waals surface area contributed by atoms with E-state index in [2.05, 4.69) is 189 Å². The molecule has 0 amide bonds. The fourth-order valence-electron chi connectivity index (χ4n) is 14.0. The highest BCUT2D eigenvalue weighted by Gasteiger charge is 2.56. The standard InChI is InChI=1S/C22H24BrCl.C20H35ClO4Si2.C16H36O5Si3.C15H20.C3H10OSi/c23-20-6-7-21(24)19(15-20)14-16-2-4-17(5-3-16)18-8-12-22(13-9-18)10-1-11-22;1-13-12-16(10-11-17(13)21)20(22)19(25-27(7,8)9)18(24-26(4,5)6)14(2)15(3)23-20;1-12-13(11-18-22(2,3)4)19-16(17)15(21-24(8,9)10)14(12)20-23(5,6)7;1-2-5-13(6-3-1)14-7-11-15(12-8-14)9-4-10-15;1-5(2,3)4/h2-7,15,18H,1,8-14H2;10-12,14-15,18-19,22H,1-9H3;12-15H,11H2,1-10H3;1-3,5-6,14H,4,7-12H2;4H,1-3H3/t;14-,15-,18+,19-,20?;12-,13-,14+,15-;;/m.11../s1. The van der Waals surface area contributed by atoms with Crippen LogP contribution in [0.5, 0.6) is 0 Å². The Balaban J connectivity index is 0.000000198. The summed E-state index contributed by atoms with van der Waals surface area (Å²) in [6.45, 7) is 46.1. The molecule has 9 atom stereocenters. The maximum atomic E-state index is 12.6. The smallest absolute Gasteiger partial charge is 0.337 e. The number of hydrogen-bond donors (Lipinski definition) is 2. The molecule has 10 rings (SSSR count). The molecule has 6 aliphatic rings. The first kappa shape index (κ1) is 82.3. The Bertz CT molecular complexity index is 3010. The number of aliphatic hydroxyl groups is 1. The molecule has 95 heavy (non-hydrogen) atoms. The summed E-state index contributed by atoms with van der Waals surface area (Å²) in [7, 11) is -10.9. The first-order valence-electron chi connectivity index (χ1n) is 35.8. The molecule has 2 spiro atoms. The van der Waals surface area contributed by atoms with E-state index in [1.54, 1.807) is 11.6 Å². The second-order valence-corrected chi connectivity index (χ2v) is 63.2. The maximum absolute atomic E-state index is 12.6. The van der Waals surface area contributed by atoms with Gasteiger partial charge in [-0.15, -0.1) is 0 Å². The van der Waals surface area contributed by atoms with Crippen LogP contribution in [-0.2, 0) is 48.6 Å². The Labute approximate surface area is 601 Å². The van der Waals surface area contributed by atoms with Crippen LogP contribution in [0, 0.1) is 29.6 Å². The van der Waals surface area contributed by atoms with Crippen molar-refractivity contribution in [2.45, 2.75) is 296 Å². The van der Waals surface area contributed by atoms with Gasteiger partial charge in [0, 0.05) is 31.9 Å². The molecule has 0 aromatic heterocycles. The van der Waals surface area contributed by atoms with E-state index in [-0.39, 0.29) is 42.2 Å². The molecule has 4 aromatic rings. The number of ether oxygens (including phenoxy) is 2. The number of carbonyl (C=O) groups is 1. The van der Waals surface area contributed by atoms with Gasteiger partial charge in [-0.1, -0.05) is 126 Å². The molecule has 534 valence electrons. The number of hydrogen-bond acceptors (Lipinski definition) is 10. The second kappa shape index (κ2) is 34.1. The fourth-order valence-corrected chi connectivity index (χ4v) is 19.7. The highest BCUT2D eigenvalue weighted by Crippen LogP contribution is 2.56. The fraction of sp³-hybridized carbons (Fsp3) is 0.671. The lowest BCUT2D eigenvalue weighted by molar-refractivity contribution is -0.335. The van der Waals surface area contributed by atoms with Crippen LogP contribution in [-0.4, -0.2) is 109 Å². The van der Waals surface area contributed by atoms with E-state index >= 15 is 0 Å². The molecule has 4 aromatic carbocycles. The van der Waals surface area contributed by atoms with Gasteiger partial charge in [-0.2, -0.15) is 0 Å². The van der Waals surface area contributed by atoms with E-state index in [1.165, 1.54) is 107 Å². The summed E-state index contributed by atoms with van der Waals surface area (Å²) in [6.07, 6.45) is 19.3. The summed E-state index contributed by atoms with van der Waals surface area (Å²) in [6, 6.07) is 32.0. The summed E-state index contributed by atoms with van der Waals surface area (Å²) in [5, 5.41) is 13.3. The molecule has 2 heterocycles. The monoisotopic (exact) mass is 1510 g/mol. The van der Waals surface area contributed by atoms with E-state index in [9.17, 15) is 9.90 Å². The molecular formula is C76H125BrCl2O10Si6. The van der Waals surface area contributed by atoms with Crippen molar-refractivity contribution in [1.29, 1.82) is 0 Å². The molecule has 1 unspecified atom stereocenters. The van der Waals surface area contributed by atoms with E-state index < -0.39 is 67.9 Å². The zero-order valence-electron chi connectivity index (χ0n) is 62.5. The van der Waals surface area contributed by atoms with Gasteiger partial charge in [-0.3, -0.25) is 0 Å². The van der Waals surface area contributed by atoms with Gasteiger partial charge in [-0.25, -0.2) is 4.79 Å². The zero-order valence-corrected chi connectivity index (χ0v) is 71.6. The van der Waals surface area contributed by atoms with Gasteiger partial charge >= 0.3 is 5.97 Å². The minimum Gasteiger partial charge on any atom is -0.458 e. The number of aryl methyl sites for hydroxylation is 1. The third kappa shape index (κ3) is 26.3. The number of halogens is 3. The summed E-state index contributed by atoms with van der Waals surface area (Å²) in [5.41, 5.74) is 8.76. The Morgan fingerprint density at radius 2 is 1.02 bits per heavy atom. The van der Waals surface area contributed by atoms with Gasteiger partial charge in [0.2, 0.25) is 5.79 Å². The van der Waals surface area contributed by atoms with Crippen molar-refractivity contribution in [3.05, 3.63) is 139 Å². The van der Waals surface area contributed by atoms with Gasteiger partial charge in [0.25, 0.3) is 0 Å². The molecular weight excluding hydrogens is 1390 g/mol. The maximum Gasteiger partial charge on any atom is 0.337 e.